The minimum atomic E-state index is -0.450. The number of imidazole rings is 1. The summed E-state index contributed by atoms with van der Waals surface area (Å²) in [6.45, 7) is 7.06. The van der Waals surface area contributed by atoms with E-state index in [9.17, 15) is 4.79 Å². The summed E-state index contributed by atoms with van der Waals surface area (Å²) in [5, 5.41) is 2.86. The van der Waals surface area contributed by atoms with Crippen molar-refractivity contribution in [2.45, 2.75) is 27.1 Å². The lowest BCUT2D eigenvalue weighted by molar-refractivity contribution is -0.131. The number of nitrogens with zero attached hydrogens (tertiary/aromatic N) is 2. The molecule has 3 rings (SSSR count). The standard InChI is InChI=1S/C22H27N3O4/c1-5-28-21(29-6-2)14-23-22(26)16-7-12-20-19(13-16)24-15(3)25(20)17-8-10-18(27-4)11-9-17/h7-13,21H,5-6,14H2,1-4H3,(H,23,26). The second kappa shape index (κ2) is 9.54. The molecule has 1 N–H and O–H groups in total. The Morgan fingerprint density at radius 1 is 1.10 bits per heavy atom. The fourth-order valence-electron chi connectivity index (χ4n) is 3.22. The second-order valence-electron chi connectivity index (χ2n) is 6.45. The van der Waals surface area contributed by atoms with Gasteiger partial charge in [-0.25, -0.2) is 4.98 Å². The number of fused-ring (bicyclic) bond motifs is 1. The number of carbonyl (C=O) groups is 1. The van der Waals surface area contributed by atoms with E-state index in [1.54, 1.807) is 19.2 Å². The Balaban J connectivity index is 1.81. The van der Waals surface area contributed by atoms with Gasteiger partial charge in [0.1, 0.15) is 11.6 Å². The van der Waals surface area contributed by atoms with Gasteiger partial charge in [0, 0.05) is 24.5 Å². The number of aryl methyl sites for hydroxylation is 1. The van der Waals surface area contributed by atoms with Gasteiger partial charge in [0.25, 0.3) is 5.91 Å². The van der Waals surface area contributed by atoms with E-state index in [0.717, 1.165) is 28.3 Å². The van der Waals surface area contributed by atoms with Gasteiger partial charge < -0.3 is 19.5 Å². The van der Waals surface area contributed by atoms with Crippen molar-refractivity contribution in [2.75, 3.05) is 26.9 Å². The van der Waals surface area contributed by atoms with Crippen molar-refractivity contribution in [3.63, 3.8) is 0 Å². The van der Waals surface area contributed by atoms with Gasteiger partial charge in [-0.05, 0) is 63.2 Å². The number of methoxy groups -OCH3 is 1. The van der Waals surface area contributed by atoms with Crippen LogP contribution in [-0.4, -0.2) is 48.6 Å². The maximum absolute atomic E-state index is 12.6. The number of carbonyl (C=O) groups excluding carboxylic acids is 1. The molecule has 0 atom stereocenters. The van der Waals surface area contributed by atoms with Gasteiger partial charge >= 0.3 is 0 Å². The lowest BCUT2D eigenvalue weighted by atomic mass is 10.2. The molecular weight excluding hydrogens is 370 g/mol. The van der Waals surface area contributed by atoms with E-state index in [0.29, 0.717) is 18.8 Å². The third-order valence-corrected chi connectivity index (χ3v) is 4.55. The summed E-state index contributed by atoms with van der Waals surface area (Å²) in [6, 6.07) is 13.3. The van der Waals surface area contributed by atoms with Crippen molar-refractivity contribution >= 4 is 16.9 Å². The largest absolute Gasteiger partial charge is 0.497 e. The van der Waals surface area contributed by atoms with Gasteiger partial charge in [-0.3, -0.25) is 9.36 Å². The van der Waals surface area contributed by atoms with E-state index in [4.69, 9.17) is 14.2 Å². The molecule has 3 aromatic rings. The summed E-state index contributed by atoms with van der Waals surface area (Å²) in [5.41, 5.74) is 3.23. The van der Waals surface area contributed by atoms with E-state index >= 15 is 0 Å². The highest BCUT2D eigenvalue weighted by molar-refractivity contribution is 5.97. The van der Waals surface area contributed by atoms with E-state index < -0.39 is 6.29 Å². The van der Waals surface area contributed by atoms with Crippen LogP contribution in [-0.2, 0) is 9.47 Å². The number of nitrogens with one attached hydrogen (secondary N) is 1. The highest BCUT2D eigenvalue weighted by Gasteiger charge is 2.15. The van der Waals surface area contributed by atoms with Crippen molar-refractivity contribution in [3.8, 4) is 11.4 Å². The molecule has 0 spiro atoms. The molecule has 0 unspecified atom stereocenters. The molecule has 7 heteroatoms. The van der Waals surface area contributed by atoms with Crippen LogP contribution in [0, 0.1) is 6.92 Å². The molecule has 1 aromatic heterocycles. The van der Waals surface area contributed by atoms with E-state index in [2.05, 4.69) is 14.9 Å². The zero-order valence-corrected chi connectivity index (χ0v) is 17.3. The molecule has 29 heavy (non-hydrogen) atoms. The lowest BCUT2D eigenvalue weighted by Crippen LogP contribution is -2.35. The number of benzene rings is 2. The molecule has 154 valence electrons. The average Bonchev–Trinajstić information content (AvgIpc) is 3.07. The predicted molar refractivity (Wildman–Crippen MR) is 112 cm³/mol. The average molecular weight is 397 g/mol. The van der Waals surface area contributed by atoms with E-state index in [-0.39, 0.29) is 12.5 Å². The molecule has 0 aliphatic heterocycles. The van der Waals surface area contributed by atoms with Crippen molar-refractivity contribution in [1.82, 2.24) is 14.9 Å². The molecule has 0 saturated carbocycles. The second-order valence-corrected chi connectivity index (χ2v) is 6.45. The van der Waals surface area contributed by atoms with Crippen LogP contribution in [0.2, 0.25) is 0 Å². The smallest absolute Gasteiger partial charge is 0.251 e. The number of rotatable bonds is 9. The van der Waals surface area contributed by atoms with Crippen LogP contribution in [0.1, 0.15) is 30.0 Å². The first-order valence-electron chi connectivity index (χ1n) is 9.72. The number of hydrogen-bond donors (Lipinski definition) is 1. The Hall–Kier alpha value is -2.90. The van der Waals surface area contributed by atoms with E-state index in [1.165, 1.54) is 0 Å². The first-order valence-corrected chi connectivity index (χ1v) is 9.72. The zero-order chi connectivity index (χ0) is 20.8. The maximum Gasteiger partial charge on any atom is 0.251 e. The van der Waals surface area contributed by atoms with E-state index in [1.807, 2.05) is 51.1 Å². The zero-order valence-electron chi connectivity index (χ0n) is 17.3. The van der Waals surface area contributed by atoms with Crippen molar-refractivity contribution in [2.24, 2.45) is 0 Å². The maximum atomic E-state index is 12.6. The normalized spacial score (nSPS) is 11.2. The molecule has 0 radical (unpaired) electrons. The number of aromatic nitrogens is 2. The molecule has 7 nitrogen and oxygen atoms in total. The van der Waals surface area contributed by atoms with Gasteiger partial charge in [0.05, 0.1) is 24.7 Å². The topological polar surface area (TPSA) is 74.6 Å². The molecule has 1 amide bonds. The van der Waals surface area contributed by atoms with Crippen LogP contribution in [0.3, 0.4) is 0 Å². The summed E-state index contributed by atoms with van der Waals surface area (Å²) < 4.78 is 18.2. The monoisotopic (exact) mass is 397 g/mol. The molecule has 0 fully saturated rings. The van der Waals surface area contributed by atoms with Gasteiger partial charge in [-0.2, -0.15) is 0 Å². The Labute approximate surface area is 170 Å². The van der Waals surface area contributed by atoms with Crippen molar-refractivity contribution in [1.29, 1.82) is 0 Å². The number of amides is 1. The minimum absolute atomic E-state index is 0.187. The van der Waals surface area contributed by atoms with Gasteiger partial charge in [0.15, 0.2) is 6.29 Å². The van der Waals surface area contributed by atoms with Gasteiger partial charge in [0.2, 0.25) is 0 Å². The Morgan fingerprint density at radius 3 is 2.41 bits per heavy atom. The van der Waals surface area contributed by atoms with Crippen molar-refractivity contribution in [3.05, 3.63) is 53.9 Å². The Morgan fingerprint density at radius 2 is 1.79 bits per heavy atom. The highest BCUT2D eigenvalue weighted by atomic mass is 16.7. The molecular formula is C22H27N3O4. The first-order chi connectivity index (χ1) is 14.1. The molecule has 2 aromatic carbocycles. The third-order valence-electron chi connectivity index (χ3n) is 4.55. The van der Waals surface area contributed by atoms with Crippen LogP contribution in [0.25, 0.3) is 16.7 Å². The van der Waals surface area contributed by atoms with Crippen LogP contribution in [0.4, 0.5) is 0 Å². The fourth-order valence-corrected chi connectivity index (χ4v) is 3.22. The molecule has 0 saturated heterocycles. The summed E-state index contributed by atoms with van der Waals surface area (Å²) in [7, 11) is 1.64. The Bertz CT molecular complexity index is 960. The third kappa shape index (κ3) is 4.75. The molecule has 1 heterocycles. The number of ether oxygens (including phenoxy) is 3. The highest BCUT2D eigenvalue weighted by Crippen LogP contribution is 2.24. The summed E-state index contributed by atoms with van der Waals surface area (Å²) in [6.07, 6.45) is -0.450. The summed E-state index contributed by atoms with van der Waals surface area (Å²) >= 11 is 0. The Kier molecular flexibility index (Phi) is 6.85. The van der Waals surface area contributed by atoms with Crippen LogP contribution < -0.4 is 10.1 Å². The minimum Gasteiger partial charge on any atom is -0.497 e. The van der Waals surface area contributed by atoms with Crippen LogP contribution in [0.15, 0.2) is 42.5 Å². The van der Waals surface area contributed by atoms with Gasteiger partial charge in [-0.15, -0.1) is 0 Å². The predicted octanol–water partition coefficient (Wildman–Crippen LogP) is 3.47. The quantitative estimate of drug-likeness (QED) is 0.560. The lowest BCUT2D eigenvalue weighted by Gasteiger charge is -2.17. The fraction of sp³-hybridized carbons (Fsp3) is 0.364. The van der Waals surface area contributed by atoms with Crippen LogP contribution in [0.5, 0.6) is 5.75 Å². The number of hydrogen-bond acceptors (Lipinski definition) is 5. The SMILES string of the molecule is CCOC(CNC(=O)c1ccc2c(c1)nc(C)n2-c1ccc(OC)cc1)OCC. The molecule has 0 aliphatic rings. The van der Waals surface area contributed by atoms with Crippen LogP contribution >= 0.6 is 0 Å². The van der Waals surface area contributed by atoms with Gasteiger partial charge in [-0.1, -0.05) is 0 Å². The van der Waals surface area contributed by atoms with Crippen molar-refractivity contribution < 1.29 is 19.0 Å². The molecule has 0 aliphatic carbocycles. The molecule has 0 bridgehead atoms. The summed E-state index contributed by atoms with van der Waals surface area (Å²) in [5.74, 6) is 1.45. The first kappa shape index (κ1) is 20.8. The summed E-state index contributed by atoms with van der Waals surface area (Å²) in [4.78, 5) is 17.2.